The monoisotopic (exact) mass is 488 g/mol. The zero-order valence-electron chi connectivity index (χ0n) is 19.8. The van der Waals surface area contributed by atoms with Crippen molar-refractivity contribution in [1.82, 2.24) is 14.5 Å². The van der Waals surface area contributed by atoms with E-state index in [2.05, 4.69) is 39.0 Å². The van der Waals surface area contributed by atoms with Crippen molar-refractivity contribution in [2.45, 2.75) is 25.9 Å². The Bertz CT molecular complexity index is 1320. The Hall–Kier alpha value is -3.35. The number of carbonyl (C=O) groups excluding carboxylic acids is 1. The lowest BCUT2D eigenvalue weighted by molar-refractivity contribution is -0.121. The van der Waals surface area contributed by atoms with Crippen molar-refractivity contribution >= 4 is 34.2 Å². The Morgan fingerprint density at radius 2 is 1.83 bits per heavy atom. The van der Waals surface area contributed by atoms with E-state index in [-0.39, 0.29) is 11.8 Å². The molecule has 1 aromatic heterocycles. The van der Waals surface area contributed by atoms with Gasteiger partial charge in [-0.25, -0.2) is 4.98 Å². The fourth-order valence-electron chi connectivity index (χ4n) is 4.75. The molecule has 6 nitrogen and oxygen atoms in total. The fourth-order valence-corrected chi connectivity index (χ4v) is 4.93. The molecule has 0 aliphatic carbocycles. The molecule has 35 heavy (non-hydrogen) atoms. The molecule has 0 bridgehead atoms. The largest absolute Gasteiger partial charge is 0.497 e. The number of nitrogens with zero attached hydrogens (tertiary/aromatic N) is 3. The van der Waals surface area contributed by atoms with Crippen molar-refractivity contribution in [3.05, 3.63) is 89.2 Å². The molecule has 0 spiro atoms. The summed E-state index contributed by atoms with van der Waals surface area (Å²) in [6, 6.07) is 23.8. The van der Waals surface area contributed by atoms with E-state index in [4.69, 9.17) is 21.3 Å². The van der Waals surface area contributed by atoms with E-state index in [1.165, 1.54) is 5.56 Å². The molecule has 3 aromatic carbocycles. The molecule has 1 amide bonds. The number of para-hydroxylation sites is 3. The van der Waals surface area contributed by atoms with Crippen LogP contribution >= 0.6 is 11.6 Å². The zero-order chi connectivity index (χ0) is 24.2. The number of likely N-dealkylation sites (tertiary alicyclic amines) is 1. The number of hydrogen-bond acceptors (Lipinski definition) is 4. The summed E-state index contributed by atoms with van der Waals surface area (Å²) in [7, 11) is 1.68. The summed E-state index contributed by atoms with van der Waals surface area (Å²) in [5, 5.41) is 3.57. The summed E-state index contributed by atoms with van der Waals surface area (Å²) in [6.07, 6.45) is 1.84. The van der Waals surface area contributed by atoms with Gasteiger partial charge in [-0.15, -0.1) is 0 Å². The van der Waals surface area contributed by atoms with Gasteiger partial charge in [0.2, 0.25) is 5.91 Å². The van der Waals surface area contributed by atoms with Gasteiger partial charge in [-0.1, -0.05) is 48.0 Å². The van der Waals surface area contributed by atoms with Gasteiger partial charge in [-0.3, -0.25) is 9.69 Å². The third-order valence-corrected chi connectivity index (χ3v) is 6.94. The fraction of sp³-hybridized carbons (Fsp3) is 0.286. The maximum absolute atomic E-state index is 13.0. The number of nitrogens with one attached hydrogen (secondary N) is 1. The highest BCUT2D eigenvalue weighted by atomic mass is 35.5. The van der Waals surface area contributed by atoms with Crippen molar-refractivity contribution in [2.24, 2.45) is 5.92 Å². The van der Waals surface area contributed by atoms with Crippen LogP contribution in [0.2, 0.25) is 5.02 Å². The molecule has 1 aliphatic rings. The highest BCUT2D eigenvalue weighted by molar-refractivity contribution is 6.33. The molecule has 1 saturated heterocycles. The lowest BCUT2D eigenvalue weighted by Crippen LogP contribution is -2.40. The molecule has 1 aliphatic heterocycles. The van der Waals surface area contributed by atoms with Gasteiger partial charge in [0.1, 0.15) is 11.6 Å². The summed E-state index contributed by atoms with van der Waals surface area (Å²) in [5.41, 5.74) is 3.95. The maximum Gasteiger partial charge on any atom is 0.228 e. The number of fused-ring (bicyclic) bond motifs is 1. The van der Waals surface area contributed by atoms with Gasteiger partial charge in [0.05, 0.1) is 41.3 Å². The summed E-state index contributed by atoms with van der Waals surface area (Å²) in [4.78, 5) is 20.3. The van der Waals surface area contributed by atoms with E-state index in [0.29, 0.717) is 23.8 Å². The van der Waals surface area contributed by atoms with Gasteiger partial charge >= 0.3 is 0 Å². The number of imidazole rings is 1. The Balaban J connectivity index is 1.33. The smallest absolute Gasteiger partial charge is 0.228 e. The van der Waals surface area contributed by atoms with Crippen LogP contribution in [0.1, 0.15) is 24.2 Å². The first kappa shape index (κ1) is 23.4. The molecule has 0 radical (unpaired) electrons. The first-order valence-electron chi connectivity index (χ1n) is 12.0. The van der Waals surface area contributed by atoms with Gasteiger partial charge in [-0.2, -0.15) is 0 Å². The number of aromatic nitrogens is 2. The maximum atomic E-state index is 13.0. The number of benzene rings is 3. The van der Waals surface area contributed by atoms with E-state index < -0.39 is 0 Å². The predicted molar refractivity (Wildman–Crippen MR) is 140 cm³/mol. The third-order valence-electron chi connectivity index (χ3n) is 6.61. The van der Waals surface area contributed by atoms with Gasteiger partial charge < -0.3 is 14.6 Å². The van der Waals surface area contributed by atoms with Crippen LogP contribution in [0.5, 0.6) is 5.75 Å². The quantitative estimate of drug-likeness (QED) is 0.368. The molecule has 1 atom stereocenters. The van der Waals surface area contributed by atoms with Crippen LogP contribution in [0, 0.1) is 5.92 Å². The van der Waals surface area contributed by atoms with Gasteiger partial charge in [0.15, 0.2) is 0 Å². The lowest BCUT2D eigenvalue weighted by Gasteiger charge is -2.32. The summed E-state index contributed by atoms with van der Waals surface area (Å²) >= 11 is 6.24. The third kappa shape index (κ3) is 5.34. The van der Waals surface area contributed by atoms with Gasteiger partial charge in [0, 0.05) is 13.1 Å². The number of halogens is 1. The predicted octanol–water partition coefficient (Wildman–Crippen LogP) is 5.60. The standard InChI is InChI=1S/C28H29ClN4O2/c1-35-22-14-12-20(13-15-22)17-33-26-11-5-4-10-25(26)30-27(33)19-32-16-6-7-21(18-32)28(34)31-24-9-3-2-8-23(24)29/h2-5,8-15,21H,6-7,16-19H2,1H3,(H,31,34)/t21-/m0/s1. The second kappa shape index (κ2) is 10.5. The molecule has 5 rings (SSSR count). The molecule has 0 saturated carbocycles. The molecule has 0 unspecified atom stereocenters. The lowest BCUT2D eigenvalue weighted by atomic mass is 9.97. The number of rotatable bonds is 7. The molecule has 1 N–H and O–H groups in total. The van der Waals surface area contributed by atoms with E-state index in [1.54, 1.807) is 13.2 Å². The number of hydrogen-bond donors (Lipinski definition) is 1. The minimum absolute atomic E-state index is 0.0227. The van der Waals surface area contributed by atoms with Gasteiger partial charge in [-0.05, 0) is 61.3 Å². The average molecular weight is 489 g/mol. The van der Waals surface area contributed by atoms with Crippen LogP contribution < -0.4 is 10.1 Å². The van der Waals surface area contributed by atoms with Crippen molar-refractivity contribution in [3.8, 4) is 5.75 Å². The van der Waals surface area contributed by atoms with Crippen LogP contribution in [0.15, 0.2) is 72.8 Å². The Morgan fingerprint density at radius 1 is 1.06 bits per heavy atom. The number of methoxy groups -OCH3 is 1. The highest BCUT2D eigenvalue weighted by Crippen LogP contribution is 2.26. The highest BCUT2D eigenvalue weighted by Gasteiger charge is 2.27. The second-order valence-electron chi connectivity index (χ2n) is 8.99. The van der Waals surface area contributed by atoms with E-state index in [9.17, 15) is 4.79 Å². The van der Waals surface area contributed by atoms with Crippen molar-refractivity contribution in [3.63, 3.8) is 0 Å². The zero-order valence-corrected chi connectivity index (χ0v) is 20.5. The summed E-state index contributed by atoms with van der Waals surface area (Å²) < 4.78 is 7.59. The summed E-state index contributed by atoms with van der Waals surface area (Å²) in [6.45, 7) is 3.06. The Kier molecular flexibility index (Phi) is 7.02. The SMILES string of the molecule is COc1ccc(Cn2c(CN3CCC[C@H](C(=O)Nc4ccccc4Cl)C3)nc3ccccc32)cc1. The topological polar surface area (TPSA) is 59.4 Å². The molecule has 2 heterocycles. The van der Waals surface area contributed by atoms with Crippen LogP contribution in [0.4, 0.5) is 5.69 Å². The van der Waals surface area contributed by atoms with Crippen molar-refractivity contribution in [1.29, 1.82) is 0 Å². The minimum atomic E-state index is -0.0839. The number of piperidine rings is 1. The normalized spacial score (nSPS) is 16.3. The molecule has 7 heteroatoms. The second-order valence-corrected chi connectivity index (χ2v) is 9.40. The van der Waals surface area contributed by atoms with Crippen LogP contribution in [0.3, 0.4) is 0 Å². The average Bonchev–Trinajstić information content (AvgIpc) is 3.22. The Morgan fingerprint density at radius 3 is 2.63 bits per heavy atom. The van der Waals surface area contributed by atoms with Crippen LogP contribution in [-0.2, 0) is 17.9 Å². The number of amides is 1. The Labute approximate surface area is 210 Å². The van der Waals surface area contributed by atoms with Gasteiger partial charge in [0.25, 0.3) is 0 Å². The number of anilines is 1. The van der Waals surface area contributed by atoms with Crippen molar-refractivity contribution < 1.29 is 9.53 Å². The van der Waals surface area contributed by atoms with Crippen LogP contribution in [-0.4, -0.2) is 40.6 Å². The molecular weight excluding hydrogens is 460 g/mol. The molecule has 4 aromatic rings. The van der Waals surface area contributed by atoms with E-state index >= 15 is 0 Å². The van der Waals surface area contributed by atoms with Crippen molar-refractivity contribution in [2.75, 3.05) is 25.5 Å². The number of ether oxygens (including phenoxy) is 1. The molecule has 1 fully saturated rings. The van der Waals surface area contributed by atoms with E-state index in [1.807, 2.05) is 42.5 Å². The molecular formula is C28H29ClN4O2. The number of carbonyl (C=O) groups is 1. The first-order chi connectivity index (χ1) is 17.1. The minimum Gasteiger partial charge on any atom is -0.497 e. The van der Waals surface area contributed by atoms with Crippen LogP contribution in [0.25, 0.3) is 11.0 Å². The molecule has 180 valence electrons. The summed E-state index contributed by atoms with van der Waals surface area (Å²) in [5.74, 6) is 1.79. The van der Waals surface area contributed by atoms with E-state index in [0.717, 1.165) is 48.5 Å². The first-order valence-corrected chi connectivity index (χ1v) is 12.3.